The molecule has 0 saturated carbocycles. The standard InChI is InChI=1S/C72H54N4/c1-7-22-55(23-8-1)58-28-19-37-70(52-58)74(61-31-13-4-14-32-61)67-46-40-64(41-47-67)73(65-42-48-68(49-43-65)75(62-33-15-5-16-34-62)71-38-20-29-59(53-71)56-24-9-2-10-25-56)66-44-50-69(51-45-66)76(63-35-17-6-18-36-63)72-39-21-30-60(54-72)57-26-11-3-12-27-57/h1-54H. The lowest BCUT2D eigenvalue weighted by Crippen LogP contribution is -2.14. The minimum Gasteiger partial charge on any atom is -0.310 e. The van der Waals surface area contributed by atoms with E-state index in [4.69, 9.17) is 0 Å². The van der Waals surface area contributed by atoms with Gasteiger partial charge in [-0.1, -0.05) is 182 Å². The molecule has 12 aromatic rings. The first-order chi connectivity index (χ1) is 37.7. The molecule has 362 valence electrons. The van der Waals surface area contributed by atoms with Crippen molar-refractivity contribution in [3.05, 3.63) is 328 Å². The predicted octanol–water partition coefficient (Wildman–Crippen LogP) is 20.6. The van der Waals surface area contributed by atoms with Gasteiger partial charge in [-0.25, -0.2) is 0 Å². The smallest absolute Gasteiger partial charge is 0.0467 e. The molecule has 12 aromatic carbocycles. The van der Waals surface area contributed by atoms with Crippen molar-refractivity contribution in [2.24, 2.45) is 0 Å². The third-order valence-electron chi connectivity index (χ3n) is 13.8. The largest absolute Gasteiger partial charge is 0.310 e. The van der Waals surface area contributed by atoms with Gasteiger partial charge in [0.2, 0.25) is 0 Å². The van der Waals surface area contributed by atoms with Gasteiger partial charge in [0.1, 0.15) is 0 Å². The highest BCUT2D eigenvalue weighted by molar-refractivity contribution is 5.87. The fourth-order valence-electron chi connectivity index (χ4n) is 10.1. The van der Waals surface area contributed by atoms with Crippen molar-refractivity contribution >= 4 is 68.2 Å². The third-order valence-corrected chi connectivity index (χ3v) is 13.8. The van der Waals surface area contributed by atoms with Crippen LogP contribution in [0.2, 0.25) is 0 Å². The molecule has 4 nitrogen and oxygen atoms in total. The summed E-state index contributed by atoms with van der Waals surface area (Å²) in [6.07, 6.45) is 0. The highest BCUT2D eigenvalue weighted by Gasteiger charge is 2.20. The van der Waals surface area contributed by atoms with Gasteiger partial charge in [0.15, 0.2) is 0 Å². The fraction of sp³-hybridized carbons (Fsp3) is 0. The van der Waals surface area contributed by atoms with E-state index < -0.39 is 0 Å². The maximum absolute atomic E-state index is 2.35. The average molecular weight is 975 g/mol. The Hall–Kier alpha value is -10.2. The van der Waals surface area contributed by atoms with Crippen LogP contribution in [0, 0.1) is 0 Å². The quantitative estimate of drug-likeness (QED) is 0.101. The minimum atomic E-state index is 1.03. The molecule has 0 aliphatic heterocycles. The van der Waals surface area contributed by atoms with E-state index in [-0.39, 0.29) is 0 Å². The molecule has 12 rings (SSSR count). The molecule has 0 saturated heterocycles. The summed E-state index contributed by atoms with van der Waals surface area (Å²) >= 11 is 0. The van der Waals surface area contributed by atoms with Crippen molar-refractivity contribution in [1.29, 1.82) is 0 Å². The van der Waals surface area contributed by atoms with Crippen LogP contribution in [-0.2, 0) is 0 Å². The van der Waals surface area contributed by atoms with E-state index in [2.05, 4.69) is 347 Å². The second-order valence-electron chi connectivity index (χ2n) is 18.6. The Morgan fingerprint density at radius 1 is 0.118 bits per heavy atom. The summed E-state index contributed by atoms with van der Waals surface area (Å²) in [6.45, 7) is 0. The minimum absolute atomic E-state index is 1.03. The van der Waals surface area contributed by atoms with Crippen molar-refractivity contribution in [3.63, 3.8) is 0 Å². The number of rotatable bonds is 15. The molecule has 0 fully saturated rings. The van der Waals surface area contributed by atoms with Crippen molar-refractivity contribution in [1.82, 2.24) is 0 Å². The van der Waals surface area contributed by atoms with Gasteiger partial charge in [0.25, 0.3) is 0 Å². The number of hydrogen-bond donors (Lipinski definition) is 0. The first-order valence-electron chi connectivity index (χ1n) is 25.8. The molecule has 0 unspecified atom stereocenters. The zero-order valence-electron chi connectivity index (χ0n) is 42.0. The van der Waals surface area contributed by atoms with Crippen molar-refractivity contribution in [2.45, 2.75) is 0 Å². The summed E-state index contributed by atoms with van der Waals surface area (Å²) in [5, 5.41) is 0. The topological polar surface area (TPSA) is 13.0 Å². The Morgan fingerprint density at radius 2 is 0.276 bits per heavy atom. The Morgan fingerprint density at radius 3 is 0.500 bits per heavy atom. The molecule has 0 radical (unpaired) electrons. The van der Waals surface area contributed by atoms with Gasteiger partial charge < -0.3 is 19.6 Å². The first-order valence-corrected chi connectivity index (χ1v) is 25.8. The third kappa shape index (κ3) is 10.1. The lowest BCUT2D eigenvalue weighted by atomic mass is 10.0. The summed E-state index contributed by atoms with van der Waals surface area (Å²) in [6, 6.07) is 117. The van der Waals surface area contributed by atoms with Crippen LogP contribution in [0.3, 0.4) is 0 Å². The Kier molecular flexibility index (Phi) is 13.5. The zero-order valence-corrected chi connectivity index (χ0v) is 42.0. The molecule has 0 heterocycles. The molecule has 0 aliphatic rings. The average Bonchev–Trinajstić information content (AvgIpc) is 3.50. The SMILES string of the molecule is c1ccc(-c2cccc(N(c3ccccc3)c3ccc(N(c4ccc(N(c5ccccc5)c5cccc(-c6ccccc6)c5)cc4)c4ccc(N(c5ccccc5)c5cccc(-c6ccccc6)c5)cc4)cc3)c2)cc1. The van der Waals surface area contributed by atoms with Crippen LogP contribution in [-0.4, -0.2) is 0 Å². The molecular formula is C72H54N4. The maximum atomic E-state index is 2.35. The van der Waals surface area contributed by atoms with Crippen molar-refractivity contribution in [3.8, 4) is 33.4 Å². The number of para-hydroxylation sites is 3. The predicted molar refractivity (Wildman–Crippen MR) is 321 cm³/mol. The number of anilines is 12. The highest BCUT2D eigenvalue weighted by Crippen LogP contribution is 2.44. The van der Waals surface area contributed by atoms with E-state index in [0.29, 0.717) is 0 Å². The summed E-state index contributed by atoms with van der Waals surface area (Å²) in [5.41, 5.74) is 19.8. The summed E-state index contributed by atoms with van der Waals surface area (Å²) in [7, 11) is 0. The van der Waals surface area contributed by atoms with Crippen LogP contribution >= 0.6 is 0 Å². The van der Waals surface area contributed by atoms with Crippen molar-refractivity contribution in [2.75, 3.05) is 19.6 Å². The first kappa shape index (κ1) is 46.9. The molecule has 0 aliphatic carbocycles. The van der Waals surface area contributed by atoms with Gasteiger partial charge in [0, 0.05) is 68.2 Å². The lowest BCUT2D eigenvalue weighted by Gasteiger charge is -2.30. The molecule has 0 spiro atoms. The fourth-order valence-corrected chi connectivity index (χ4v) is 10.1. The van der Waals surface area contributed by atoms with Crippen LogP contribution in [0.4, 0.5) is 68.2 Å². The number of nitrogens with zero attached hydrogens (tertiary/aromatic N) is 4. The van der Waals surface area contributed by atoms with Gasteiger partial charge in [-0.2, -0.15) is 0 Å². The van der Waals surface area contributed by atoms with Crippen molar-refractivity contribution < 1.29 is 0 Å². The second kappa shape index (κ2) is 21.9. The monoisotopic (exact) mass is 974 g/mol. The number of hydrogen-bond acceptors (Lipinski definition) is 4. The Balaban J connectivity index is 0.953. The highest BCUT2D eigenvalue weighted by atomic mass is 15.2. The molecule has 0 bridgehead atoms. The molecule has 0 amide bonds. The molecule has 4 heteroatoms. The molecule has 0 atom stereocenters. The second-order valence-corrected chi connectivity index (χ2v) is 18.6. The van der Waals surface area contributed by atoms with Crippen LogP contribution in [0.1, 0.15) is 0 Å². The number of benzene rings is 12. The van der Waals surface area contributed by atoms with E-state index >= 15 is 0 Å². The lowest BCUT2D eigenvalue weighted by molar-refractivity contribution is 1.24. The Labute approximate surface area is 446 Å². The van der Waals surface area contributed by atoms with Crippen LogP contribution in [0.15, 0.2) is 328 Å². The molecule has 76 heavy (non-hydrogen) atoms. The van der Waals surface area contributed by atoms with E-state index in [0.717, 1.165) is 84.9 Å². The summed E-state index contributed by atoms with van der Waals surface area (Å²) in [4.78, 5) is 9.35. The molecule has 0 N–H and O–H groups in total. The van der Waals surface area contributed by atoms with Gasteiger partial charge >= 0.3 is 0 Å². The Bertz CT molecular complexity index is 3380. The van der Waals surface area contributed by atoms with Gasteiger partial charge in [0.05, 0.1) is 0 Å². The van der Waals surface area contributed by atoms with E-state index in [1.54, 1.807) is 0 Å². The maximum Gasteiger partial charge on any atom is 0.0467 e. The van der Waals surface area contributed by atoms with Gasteiger partial charge in [-0.15, -0.1) is 0 Å². The zero-order chi connectivity index (χ0) is 50.9. The van der Waals surface area contributed by atoms with Gasteiger partial charge in [-0.05, 0) is 179 Å². The van der Waals surface area contributed by atoms with Gasteiger partial charge in [-0.3, -0.25) is 0 Å². The van der Waals surface area contributed by atoms with E-state index in [9.17, 15) is 0 Å². The van der Waals surface area contributed by atoms with Crippen LogP contribution in [0.25, 0.3) is 33.4 Å². The summed E-state index contributed by atoms with van der Waals surface area (Å²) < 4.78 is 0. The molecule has 0 aromatic heterocycles. The van der Waals surface area contributed by atoms with E-state index in [1.165, 1.54) is 16.7 Å². The normalized spacial score (nSPS) is 10.9. The molecular weight excluding hydrogens is 921 g/mol. The van der Waals surface area contributed by atoms with Crippen LogP contribution < -0.4 is 19.6 Å². The van der Waals surface area contributed by atoms with E-state index in [1.807, 2.05) is 0 Å². The summed E-state index contributed by atoms with van der Waals surface area (Å²) in [5.74, 6) is 0. The van der Waals surface area contributed by atoms with Crippen LogP contribution in [0.5, 0.6) is 0 Å².